The summed E-state index contributed by atoms with van der Waals surface area (Å²) in [6.07, 6.45) is -2.28. The predicted octanol–water partition coefficient (Wildman–Crippen LogP) is 3.21. The average molecular weight is 316 g/mol. The molecular formula is C14H9F5N2O. The van der Waals surface area contributed by atoms with Crippen LogP contribution in [0.3, 0.4) is 0 Å². The summed E-state index contributed by atoms with van der Waals surface area (Å²) in [5.41, 5.74) is 0.127. The standard InChI is InChI=1S/C14H9F5N2O/c15-11-6-12(16)10(8-1-3-20-4-2-8)5-9(11)7-21-13(22)14(17,18)19/h1-6H,7H2,(H,21,22). The van der Waals surface area contributed by atoms with Crippen LogP contribution in [0, 0.1) is 11.6 Å². The molecule has 0 saturated heterocycles. The van der Waals surface area contributed by atoms with Crippen LogP contribution in [0.2, 0.25) is 0 Å². The molecule has 0 aliphatic rings. The molecular weight excluding hydrogens is 307 g/mol. The molecule has 116 valence electrons. The van der Waals surface area contributed by atoms with Crippen molar-refractivity contribution in [1.29, 1.82) is 0 Å². The van der Waals surface area contributed by atoms with Crippen molar-refractivity contribution in [2.45, 2.75) is 12.7 Å². The Morgan fingerprint density at radius 2 is 1.73 bits per heavy atom. The Labute approximate surface area is 121 Å². The number of aromatic nitrogens is 1. The van der Waals surface area contributed by atoms with Crippen molar-refractivity contribution in [3.05, 3.63) is 53.9 Å². The molecule has 1 N–H and O–H groups in total. The summed E-state index contributed by atoms with van der Waals surface area (Å²) in [6, 6.07) is 4.55. The fourth-order valence-electron chi connectivity index (χ4n) is 1.76. The first kappa shape index (κ1) is 15.9. The molecule has 1 aromatic heterocycles. The number of alkyl halides is 3. The van der Waals surface area contributed by atoms with Crippen LogP contribution in [0.15, 0.2) is 36.7 Å². The van der Waals surface area contributed by atoms with Crippen LogP contribution in [0.25, 0.3) is 11.1 Å². The number of halogens is 5. The minimum absolute atomic E-state index is 0.0000534. The molecule has 1 amide bonds. The van der Waals surface area contributed by atoms with Crippen molar-refractivity contribution < 1.29 is 26.7 Å². The van der Waals surface area contributed by atoms with Gasteiger partial charge in [0.2, 0.25) is 0 Å². The summed E-state index contributed by atoms with van der Waals surface area (Å²) in [6.45, 7) is -0.706. The van der Waals surface area contributed by atoms with E-state index >= 15 is 0 Å². The molecule has 1 aromatic carbocycles. The van der Waals surface area contributed by atoms with Crippen LogP contribution in [-0.4, -0.2) is 17.1 Å². The van der Waals surface area contributed by atoms with Crippen molar-refractivity contribution in [2.24, 2.45) is 0 Å². The molecule has 0 atom stereocenters. The van der Waals surface area contributed by atoms with E-state index in [1.807, 2.05) is 0 Å². The third kappa shape index (κ3) is 3.57. The van der Waals surface area contributed by atoms with Crippen molar-refractivity contribution in [3.63, 3.8) is 0 Å². The van der Waals surface area contributed by atoms with Crippen LogP contribution >= 0.6 is 0 Å². The SMILES string of the molecule is O=C(NCc1cc(-c2ccncc2)c(F)cc1F)C(F)(F)F. The van der Waals surface area contributed by atoms with Gasteiger partial charge in [-0.3, -0.25) is 9.78 Å². The van der Waals surface area contributed by atoms with Gasteiger partial charge in [0.1, 0.15) is 11.6 Å². The van der Waals surface area contributed by atoms with E-state index in [-0.39, 0.29) is 11.1 Å². The molecule has 0 aliphatic carbocycles. The van der Waals surface area contributed by atoms with Gasteiger partial charge in [0.25, 0.3) is 0 Å². The molecule has 3 nitrogen and oxygen atoms in total. The predicted molar refractivity (Wildman–Crippen MR) is 67.5 cm³/mol. The third-order valence-electron chi connectivity index (χ3n) is 2.82. The fourth-order valence-corrected chi connectivity index (χ4v) is 1.76. The van der Waals surface area contributed by atoms with Gasteiger partial charge in [-0.25, -0.2) is 8.78 Å². The number of pyridine rings is 1. The highest BCUT2D eigenvalue weighted by atomic mass is 19.4. The maximum absolute atomic E-state index is 13.8. The van der Waals surface area contributed by atoms with E-state index in [0.29, 0.717) is 11.6 Å². The van der Waals surface area contributed by atoms with Crippen LogP contribution < -0.4 is 5.32 Å². The molecule has 2 aromatic rings. The second-order valence-corrected chi connectivity index (χ2v) is 4.34. The van der Waals surface area contributed by atoms with Crippen molar-refractivity contribution in [2.75, 3.05) is 0 Å². The number of carbonyl (C=O) groups excluding carboxylic acids is 1. The summed E-state index contributed by atoms with van der Waals surface area (Å²) < 4.78 is 63.6. The number of hydrogen-bond donors (Lipinski definition) is 1. The van der Waals surface area contributed by atoms with E-state index in [4.69, 9.17) is 0 Å². The van der Waals surface area contributed by atoms with Gasteiger partial charge in [0.05, 0.1) is 0 Å². The molecule has 0 spiro atoms. The highest BCUT2D eigenvalue weighted by Crippen LogP contribution is 2.25. The van der Waals surface area contributed by atoms with E-state index in [1.54, 1.807) is 0 Å². The van der Waals surface area contributed by atoms with Crippen molar-refractivity contribution in [3.8, 4) is 11.1 Å². The Bertz CT molecular complexity index is 686. The monoisotopic (exact) mass is 316 g/mol. The maximum Gasteiger partial charge on any atom is 0.471 e. The van der Waals surface area contributed by atoms with Crippen LogP contribution in [0.1, 0.15) is 5.56 Å². The summed E-state index contributed by atoms with van der Waals surface area (Å²) in [5.74, 6) is -4.10. The fraction of sp³-hybridized carbons (Fsp3) is 0.143. The molecule has 0 radical (unpaired) electrons. The summed E-state index contributed by atoms with van der Waals surface area (Å²) in [4.78, 5) is 14.5. The smallest absolute Gasteiger partial charge is 0.344 e. The summed E-state index contributed by atoms with van der Waals surface area (Å²) >= 11 is 0. The first-order valence-electron chi connectivity index (χ1n) is 6.02. The van der Waals surface area contributed by atoms with E-state index in [0.717, 1.165) is 6.07 Å². The van der Waals surface area contributed by atoms with Crippen LogP contribution in [0.4, 0.5) is 22.0 Å². The Hall–Kier alpha value is -2.51. The van der Waals surface area contributed by atoms with Crippen molar-refractivity contribution >= 4 is 5.91 Å². The topological polar surface area (TPSA) is 42.0 Å². The highest BCUT2D eigenvalue weighted by Gasteiger charge is 2.38. The molecule has 0 fully saturated rings. The largest absolute Gasteiger partial charge is 0.471 e. The second kappa shape index (κ2) is 6.08. The van der Waals surface area contributed by atoms with Gasteiger partial charge in [-0.1, -0.05) is 0 Å². The zero-order valence-corrected chi connectivity index (χ0v) is 10.9. The summed E-state index contributed by atoms with van der Waals surface area (Å²) in [5, 5.41) is 1.54. The Morgan fingerprint density at radius 1 is 1.09 bits per heavy atom. The molecule has 8 heteroatoms. The van der Waals surface area contributed by atoms with E-state index in [2.05, 4.69) is 4.98 Å². The van der Waals surface area contributed by atoms with E-state index in [1.165, 1.54) is 29.8 Å². The number of nitrogens with one attached hydrogen (secondary N) is 1. The number of amides is 1. The van der Waals surface area contributed by atoms with Gasteiger partial charge >= 0.3 is 12.1 Å². The summed E-state index contributed by atoms with van der Waals surface area (Å²) in [7, 11) is 0. The molecule has 2 rings (SSSR count). The van der Waals surface area contributed by atoms with Crippen LogP contribution in [-0.2, 0) is 11.3 Å². The first-order valence-corrected chi connectivity index (χ1v) is 6.02. The number of hydrogen-bond acceptors (Lipinski definition) is 2. The van der Waals surface area contributed by atoms with Gasteiger partial charge in [-0.2, -0.15) is 13.2 Å². The van der Waals surface area contributed by atoms with Crippen LogP contribution in [0.5, 0.6) is 0 Å². The second-order valence-electron chi connectivity index (χ2n) is 4.34. The lowest BCUT2D eigenvalue weighted by atomic mass is 10.0. The normalized spacial score (nSPS) is 11.3. The van der Waals surface area contributed by atoms with Gasteiger partial charge in [-0.05, 0) is 23.8 Å². The molecule has 1 heterocycles. The lowest BCUT2D eigenvalue weighted by Crippen LogP contribution is -2.36. The van der Waals surface area contributed by atoms with Gasteiger partial charge in [0.15, 0.2) is 0 Å². The molecule has 22 heavy (non-hydrogen) atoms. The van der Waals surface area contributed by atoms with Gasteiger partial charge < -0.3 is 5.32 Å². The Kier molecular flexibility index (Phi) is 4.39. The molecule has 0 aliphatic heterocycles. The lowest BCUT2D eigenvalue weighted by Gasteiger charge is -2.11. The Balaban J connectivity index is 2.28. The zero-order chi connectivity index (χ0) is 16.3. The van der Waals surface area contributed by atoms with Gasteiger partial charge in [-0.15, -0.1) is 0 Å². The molecule has 0 saturated carbocycles. The minimum Gasteiger partial charge on any atom is -0.344 e. The number of nitrogens with zero attached hydrogens (tertiary/aromatic N) is 1. The average Bonchev–Trinajstić information content (AvgIpc) is 2.46. The quantitative estimate of drug-likeness (QED) is 0.884. The maximum atomic E-state index is 13.8. The molecule has 0 unspecified atom stereocenters. The highest BCUT2D eigenvalue weighted by molar-refractivity contribution is 5.81. The van der Waals surface area contributed by atoms with Crippen molar-refractivity contribution in [1.82, 2.24) is 10.3 Å². The third-order valence-corrected chi connectivity index (χ3v) is 2.82. The number of rotatable bonds is 3. The first-order chi connectivity index (χ1) is 10.3. The molecule has 0 bridgehead atoms. The van der Waals surface area contributed by atoms with Gasteiger partial charge in [0, 0.05) is 36.1 Å². The minimum atomic E-state index is -5.07. The Morgan fingerprint density at radius 3 is 2.32 bits per heavy atom. The lowest BCUT2D eigenvalue weighted by molar-refractivity contribution is -0.173. The number of carbonyl (C=O) groups is 1. The zero-order valence-electron chi connectivity index (χ0n) is 10.9. The number of benzene rings is 1. The van der Waals surface area contributed by atoms with E-state index < -0.39 is 30.3 Å². The van der Waals surface area contributed by atoms with E-state index in [9.17, 15) is 26.7 Å².